The van der Waals surface area contributed by atoms with Crippen molar-refractivity contribution in [1.29, 1.82) is 0 Å². The fourth-order valence-corrected chi connectivity index (χ4v) is 0.547. The summed E-state index contributed by atoms with van der Waals surface area (Å²) in [6, 6.07) is 0. The van der Waals surface area contributed by atoms with E-state index in [2.05, 4.69) is 9.47 Å². The molecule has 0 aliphatic carbocycles. The number of ether oxygens (including phenoxy) is 2. The van der Waals surface area contributed by atoms with E-state index in [1.165, 1.54) is 0 Å². The van der Waals surface area contributed by atoms with Gasteiger partial charge in [-0.1, -0.05) is 0 Å². The molecule has 4 nitrogen and oxygen atoms in total. The summed E-state index contributed by atoms with van der Waals surface area (Å²) in [4.78, 5) is 20.2. The highest BCUT2D eigenvalue weighted by Gasteiger charge is 2.41. The summed E-state index contributed by atoms with van der Waals surface area (Å²) in [6.45, 7) is -1.61. The molecule has 0 amide bonds. The average Bonchev–Trinajstić information content (AvgIpc) is 2.19. The van der Waals surface area contributed by atoms with Gasteiger partial charge < -0.3 is 9.47 Å². The Kier molecular flexibility index (Phi) is 5.66. The smallest absolute Gasteiger partial charge is 0.455 e. The van der Waals surface area contributed by atoms with Crippen LogP contribution in [0.25, 0.3) is 0 Å². The quantitative estimate of drug-likeness (QED) is 0.447. The molecule has 0 rings (SSSR count). The molecule has 0 atom stereocenters. The van der Waals surface area contributed by atoms with Gasteiger partial charge in [0.25, 0.3) is 0 Å². The molecule has 0 aromatic rings. The summed E-state index contributed by atoms with van der Waals surface area (Å²) in [5, 5.41) is 0. The van der Waals surface area contributed by atoms with E-state index >= 15 is 0 Å². The number of hydrogen-bond donors (Lipinski definition) is 0. The zero-order valence-electron chi connectivity index (χ0n) is 8.47. The Hall–Kier alpha value is -1.74. The van der Waals surface area contributed by atoms with E-state index in [1.54, 1.807) is 0 Å². The zero-order valence-corrected chi connectivity index (χ0v) is 8.47. The van der Waals surface area contributed by atoms with Crippen LogP contribution < -0.4 is 0 Å². The summed E-state index contributed by atoms with van der Waals surface area (Å²) in [5.41, 5.74) is 0. The van der Waals surface area contributed by atoms with Gasteiger partial charge in [-0.15, -0.1) is 0 Å². The molecule has 0 N–H and O–H groups in total. The van der Waals surface area contributed by atoms with Crippen LogP contribution in [0.15, 0.2) is 12.2 Å². The van der Waals surface area contributed by atoms with Crippen molar-refractivity contribution in [3.63, 3.8) is 0 Å². The van der Waals surface area contributed by atoms with Crippen LogP contribution in [-0.2, 0) is 19.1 Å². The molecule has 18 heavy (non-hydrogen) atoms. The van der Waals surface area contributed by atoms with Gasteiger partial charge in [0.1, 0.15) is 13.2 Å². The second-order valence-electron chi connectivity index (χ2n) is 2.66. The largest absolute Gasteiger partial charge is 0.490 e. The van der Waals surface area contributed by atoms with E-state index in [4.69, 9.17) is 0 Å². The summed E-state index contributed by atoms with van der Waals surface area (Å²) >= 11 is 0. The van der Waals surface area contributed by atoms with Gasteiger partial charge in [-0.25, -0.2) is 9.59 Å². The Morgan fingerprint density at radius 1 is 0.778 bits per heavy atom. The third-order valence-corrected chi connectivity index (χ3v) is 1.25. The predicted octanol–water partition coefficient (Wildman–Crippen LogP) is 1.75. The predicted molar refractivity (Wildman–Crippen MR) is 43.2 cm³/mol. The number of carbonyl (C=O) groups is 2. The van der Waals surface area contributed by atoms with Crippen LogP contribution >= 0.6 is 0 Å². The van der Waals surface area contributed by atoms with Crippen molar-refractivity contribution >= 4 is 11.9 Å². The third-order valence-electron chi connectivity index (χ3n) is 1.25. The van der Waals surface area contributed by atoms with E-state index in [0.29, 0.717) is 0 Å². The molecule has 0 fully saturated rings. The Bertz CT molecular complexity index is 297. The Labute approximate surface area is 96.1 Å². The summed E-state index contributed by atoms with van der Waals surface area (Å²) in [7, 11) is 0. The number of alkyl halides is 6. The van der Waals surface area contributed by atoms with E-state index in [1.807, 2.05) is 0 Å². The van der Waals surface area contributed by atoms with E-state index < -0.39 is 37.5 Å². The Balaban J connectivity index is 3.81. The molecule has 0 bridgehead atoms. The lowest BCUT2D eigenvalue weighted by Crippen LogP contribution is -2.25. The van der Waals surface area contributed by atoms with Crippen LogP contribution in [0, 0.1) is 0 Å². The molecular weight excluding hydrogens is 274 g/mol. The highest BCUT2D eigenvalue weighted by atomic mass is 19.4. The van der Waals surface area contributed by atoms with Gasteiger partial charge in [0.15, 0.2) is 0 Å². The van der Waals surface area contributed by atoms with E-state index in [-0.39, 0.29) is 0 Å². The van der Waals surface area contributed by atoms with Gasteiger partial charge in [0, 0.05) is 0 Å². The van der Waals surface area contributed by atoms with E-state index in [0.717, 1.165) is 12.2 Å². The first-order valence-corrected chi connectivity index (χ1v) is 4.18. The van der Waals surface area contributed by atoms with Crippen molar-refractivity contribution < 1.29 is 45.4 Å². The van der Waals surface area contributed by atoms with Crippen molar-refractivity contribution in [3.8, 4) is 0 Å². The topological polar surface area (TPSA) is 52.6 Å². The molecule has 0 saturated carbocycles. The fourth-order valence-electron chi connectivity index (χ4n) is 0.547. The lowest BCUT2D eigenvalue weighted by molar-refractivity contribution is -0.198. The van der Waals surface area contributed by atoms with Crippen LogP contribution in [0.1, 0.15) is 0 Å². The zero-order chi connectivity index (χ0) is 14.4. The number of halogens is 6. The SMILES string of the molecule is O=C(OC/C=C\COC(=O)C(F)(F)F)C(F)(F)F. The Morgan fingerprint density at radius 3 is 1.28 bits per heavy atom. The van der Waals surface area contributed by atoms with Crippen LogP contribution in [-0.4, -0.2) is 37.5 Å². The van der Waals surface area contributed by atoms with Crippen LogP contribution in [0.2, 0.25) is 0 Å². The molecule has 104 valence electrons. The molecule has 0 aromatic carbocycles. The van der Waals surface area contributed by atoms with Gasteiger partial charge >= 0.3 is 24.3 Å². The van der Waals surface area contributed by atoms with Gasteiger partial charge in [0.2, 0.25) is 0 Å². The molecule has 0 spiro atoms. The van der Waals surface area contributed by atoms with Gasteiger partial charge in [-0.3, -0.25) is 0 Å². The Morgan fingerprint density at radius 2 is 1.06 bits per heavy atom. The molecule has 0 unspecified atom stereocenters. The number of hydrogen-bond acceptors (Lipinski definition) is 4. The van der Waals surface area contributed by atoms with Crippen LogP contribution in [0.5, 0.6) is 0 Å². The van der Waals surface area contributed by atoms with Crippen LogP contribution in [0.4, 0.5) is 26.3 Å². The maximum Gasteiger partial charge on any atom is 0.490 e. The molecule has 0 aliphatic rings. The maximum atomic E-state index is 11.6. The summed E-state index contributed by atoms with van der Waals surface area (Å²) < 4.78 is 76.7. The van der Waals surface area contributed by atoms with Crippen LogP contribution in [0.3, 0.4) is 0 Å². The van der Waals surface area contributed by atoms with Crippen molar-refractivity contribution in [1.82, 2.24) is 0 Å². The van der Waals surface area contributed by atoms with Gasteiger partial charge in [-0.05, 0) is 12.2 Å². The highest BCUT2D eigenvalue weighted by Crippen LogP contribution is 2.17. The maximum absolute atomic E-state index is 11.6. The molecule has 0 radical (unpaired) electrons. The van der Waals surface area contributed by atoms with Gasteiger partial charge in [-0.2, -0.15) is 26.3 Å². The monoisotopic (exact) mass is 280 g/mol. The minimum absolute atomic E-state index is 0.799. The lowest BCUT2D eigenvalue weighted by atomic mass is 10.5. The second-order valence-corrected chi connectivity index (χ2v) is 2.66. The fraction of sp³-hybridized carbons (Fsp3) is 0.500. The molecule has 10 heteroatoms. The minimum atomic E-state index is -5.14. The molecular formula is C8H6F6O4. The number of carbonyl (C=O) groups excluding carboxylic acids is 2. The van der Waals surface area contributed by atoms with E-state index in [9.17, 15) is 35.9 Å². The first-order chi connectivity index (χ1) is 8.05. The summed E-state index contributed by atoms with van der Waals surface area (Å²) in [6.07, 6.45) is -8.69. The average molecular weight is 280 g/mol. The van der Waals surface area contributed by atoms with Crippen molar-refractivity contribution in [3.05, 3.63) is 12.2 Å². The first kappa shape index (κ1) is 16.3. The molecule has 0 aliphatic heterocycles. The summed E-state index contributed by atoms with van der Waals surface area (Å²) in [5.74, 6) is -4.86. The van der Waals surface area contributed by atoms with Gasteiger partial charge in [0.05, 0.1) is 0 Å². The number of rotatable bonds is 4. The van der Waals surface area contributed by atoms with Crippen molar-refractivity contribution in [2.24, 2.45) is 0 Å². The lowest BCUT2D eigenvalue weighted by Gasteiger charge is -2.05. The molecule has 0 heterocycles. The second kappa shape index (κ2) is 6.26. The minimum Gasteiger partial charge on any atom is -0.455 e. The number of esters is 2. The molecule has 0 aromatic heterocycles. The van der Waals surface area contributed by atoms with Crippen molar-refractivity contribution in [2.45, 2.75) is 12.4 Å². The standard InChI is InChI=1S/C8H6F6O4/c9-7(10,11)5(15)17-3-1-2-4-18-6(16)8(12,13)14/h1-2H,3-4H2/b2-1-. The normalized spacial score (nSPS) is 12.6. The third kappa shape index (κ3) is 6.76. The first-order valence-electron chi connectivity index (χ1n) is 4.18. The highest BCUT2D eigenvalue weighted by molar-refractivity contribution is 5.76. The molecule has 0 saturated heterocycles. The van der Waals surface area contributed by atoms with Crippen molar-refractivity contribution in [2.75, 3.05) is 13.2 Å².